The highest BCUT2D eigenvalue weighted by Crippen LogP contribution is 2.31. The number of amides is 1. The quantitative estimate of drug-likeness (QED) is 0.594. The van der Waals surface area contributed by atoms with Crippen molar-refractivity contribution < 1.29 is 9.72 Å². The van der Waals surface area contributed by atoms with Crippen LogP contribution in [-0.4, -0.2) is 51.5 Å². The van der Waals surface area contributed by atoms with Crippen molar-refractivity contribution in [1.82, 2.24) is 14.5 Å². The van der Waals surface area contributed by atoms with E-state index in [1.807, 2.05) is 4.90 Å². The second-order valence-electron chi connectivity index (χ2n) is 6.00. The van der Waals surface area contributed by atoms with Gasteiger partial charge >= 0.3 is 5.69 Å². The van der Waals surface area contributed by atoms with Gasteiger partial charge in [0.2, 0.25) is 5.91 Å². The van der Waals surface area contributed by atoms with Crippen LogP contribution < -0.4 is 16.1 Å². The van der Waals surface area contributed by atoms with Gasteiger partial charge in [0.05, 0.1) is 4.92 Å². The molecule has 1 fully saturated rings. The van der Waals surface area contributed by atoms with Crippen LogP contribution in [0.1, 0.15) is 0 Å². The summed E-state index contributed by atoms with van der Waals surface area (Å²) < 4.78 is 1.13. The number of carbonyl (C=O) groups excluding carboxylic acids is 1. The molecule has 0 unspecified atom stereocenters. The minimum Gasteiger partial charge on any atom is -0.362 e. The molecule has 2 aromatic rings. The number of halogens is 1. The molecule has 0 atom stereocenters. The molecule has 0 aliphatic carbocycles. The summed E-state index contributed by atoms with van der Waals surface area (Å²) in [5.41, 5.74) is -0.802. The van der Waals surface area contributed by atoms with Crippen LogP contribution in [0.15, 0.2) is 40.1 Å². The Balaban J connectivity index is 1.67. The Morgan fingerprint density at radius 2 is 1.89 bits per heavy atom. The molecule has 142 valence electrons. The van der Waals surface area contributed by atoms with Crippen LogP contribution in [0.2, 0.25) is 5.02 Å². The molecule has 1 aliphatic heterocycles. The zero-order valence-corrected chi connectivity index (χ0v) is 14.9. The molecular formula is C16H16ClN5O5. The summed E-state index contributed by atoms with van der Waals surface area (Å²) in [7, 11) is 0. The zero-order valence-electron chi connectivity index (χ0n) is 14.1. The molecule has 2 heterocycles. The number of piperazine rings is 1. The van der Waals surface area contributed by atoms with Gasteiger partial charge in [-0.2, -0.15) is 0 Å². The molecule has 0 bridgehead atoms. The van der Waals surface area contributed by atoms with Crippen LogP contribution in [0.3, 0.4) is 0 Å². The molecule has 0 spiro atoms. The second kappa shape index (κ2) is 7.62. The number of hydrogen-bond donors (Lipinski definition) is 1. The topological polar surface area (TPSA) is 122 Å². The number of aromatic nitrogens is 2. The van der Waals surface area contributed by atoms with E-state index in [9.17, 15) is 24.5 Å². The first kappa shape index (κ1) is 18.6. The lowest BCUT2D eigenvalue weighted by Crippen LogP contribution is -2.50. The number of nitrogens with zero attached hydrogens (tertiary/aromatic N) is 4. The van der Waals surface area contributed by atoms with Crippen molar-refractivity contribution in [2.24, 2.45) is 0 Å². The SMILES string of the molecule is O=C(Cn1ccc(=O)[nH]c1=O)N1CCN(c2ccc(Cl)cc2[N+](=O)[O-])CC1. The standard InChI is InChI=1S/C16H16ClN5O5/c17-11-1-2-12(13(9-11)22(26)27)19-5-7-20(8-6-19)15(24)10-21-4-3-14(23)18-16(21)25/h1-4,9H,5-8,10H2,(H,18,23,25). The maximum atomic E-state index is 12.4. The lowest BCUT2D eigenvalue weighted by atomic mass is 10.2. The maximum Gasteiger partial charge on any atom is 0.328 e. The van der Waals surface area contributed by atoms with Crippen LogP contribution in [0.25, 0.3) is 0 Å². The van der Waals surface area contributed by atoms with Gasteiger partial charge in [-0.25, -0.2) is 4.79 Å². The minimum atomic E-state index is -0.647. The molecule has 0 saturated carbocycles. The summed E-state index contributed by atoms with van der Waals surface area (Å²) >= 11 is 5.84. The Bertz CT molecular complexity index is 993. The molecular weight excluding hydrogens is 378 g/mol. The Hall–Kier alpha value is -3.14. The largest absolute Gasteiger partial charge is 0.362 e. The Labute approximate surface area is 157 Å². The average molecular weight is 394 g/mol. The number of rotatable bonds is 4. The number of nitro benzene ring substituents is 1. The second-order valence-corrected chi connectivity index (χ2v) is 6.43. The fraction of sp³-hybridized carbons (Fsp3) is 0.312. The average Bonchev–Trinajstić information content (AvgIpc) is 2.64. The van der Waals surface area contributed by atoms with Gasteiger partial charge in [0.15, 0.2) is 0 Å². The summed E-state index contributed by atoms with van der Waals surface area (Å²) in [6.45, 7) is 1.35. The molecule has 1 aliphatic rings. The van der Waals surface area contributed by atoms with E-state index in [4.69, 9.17) is 11.6 Å². The van der Waals surface area contributed by atoms with Crippen molar-refractivity contribution in [2.45, 2.75) is 6.54 Å². The number of nitrogens with one attached hydrogen (secondary N) is 1. The number of hydrogen-bond acceptors (Lipinski definition) is 6. The Morgan fingerprint density at radius 3 is 2.52 bits per heavy atom. The van der Waals surface area contributed by atoms with E-state index in [2.05, 4.69) is 4.98 Å². The van der Waals surface area contributed by atoms with Gasteiger partial charge in [0, 0.05) is 49.5 Å². The highest BCUT2D eigenvalue weighted by atomic mass is 35.5. The van der Waals surface area contributed by atoms with Crippen molar-refractivity contribution in [3.05, 3.63) is 66.4 Å². The molecule has 0 radical (unpaired) electrons. The summed E-state index contributed by atoms with van der Waals surface area (Å²) in [6, 6.07) is 5.66. The van der Waals surface area contributed by atoms with Gasteiger partial charge in [-0.3, -0.25) is 29.3 Å². The summed E-state index contributed by atoms with van der Waals surface area (Å²) in [5, 5.41) is 11.5. The number of H-pyrrole nitrogens is 1. The third kappa shape index (κ3) is 4.17. The van der Waals surface area contributed by atoms with Crippen LogP contribution in [0.4, 0.5) is 11.4 Å². The molecule has 11 heteroatoms. The van der Waals surface area contributed by atoms with Gasteiger partial charge in [-0.15, -0.1) is 0 Å². The van der Waals surface area contributed by atoms with E-state index in [-0.39, 0.29) is 23.2 Å². The number of benzene rings is 1. The van der Waals surface area contributed by atoms with Crippen LogP contribution in [0, 0.1) is 10.1 Å². The van der Waals surface area contributed by atoms with E-state index in [1.54, 1.807) is 17.0 Å². The normalized spacial score (nSPS) is 14.3. The molecule has 1 aromatic heterocycles. The zero-order chi connectivity index (χ0) is 19.6. The number of anilines is 1. The summed E-state index contributed by atoms with van der Waals surface area (Å²) in [5.74, 6) is -0.269. The lowest BCUT2D eigenvalue weighted by Gasteiger charge is -2.35. The number of nitro groups is 1. The molecule has 10 nitrogen and oxygen atoms in total. The van der Waals surface area contributed by atoms with E-state index >= 15 is 0 Å². The summed E-state index contributed by atoms with van der Waals surface area (Å²) in [6.07, 6.45) is 1.27. The first-order valence-corrected chi connectivity index (χ1v) is 8.49. The first-order valence-electron chi connectivity index (χ1n) is 8.11. The smallest absolute Gasteiger partial charge is 0.328 e. The van der Waals surface area contributed by atoms with Gasteiger partial charge in [0.25, 0.3) is 11.2 Å². The summed E-state index contributed by atoms with van der Waals surface area (Å²) in [4.78, 5) is 51.4. The van der Waals surface area contributed by atoms with Gasteiger partial charge in [0.1, 0.15) is 12.2 Å². The van der Waals surface area contributed by atoms with Crippen LogP contribution in [-0.2, 0) is 11.3 Å². The first-order chi connectivity index (χ1) is 12.8. The van der Waals surface area contributed by atoms with Crippen LogP contribution in [0.5, 0.6) is 0 Å². The van der Waals surface area contributed by atoms with Gasteiger partial charge in [-0.05, 0) is 12.1 Å². The third-order valence-electron chi connectivity index (χ3n) is 4.31. The van der Waals surface area contributed by atoms with Crippen molar-refractivity contribution in [2.75, 3.05) is 31.1 Å². The fourth-order valence-electron chi connectivity index (χ4n) is 2.92. The number of aromatic amines is 1. The lowest BCUT2D eigenvalue weighted by molar-refractivity contribution is -0.384. The maximum absolute atomic E-state index is 12.4. The fourth-order valence-corrected chi connectivity index (χ4v) is 3.09. The third-order valence-corrected chi connectivity index (χ3v) is 4.54. The van der Waals surface area contributed by atoms with E-state index < -0.39 is 16.2 Å². The molecule has 27 heavy (non-hydrogen) atoms. The van der Waals surface area contributed by atoms with Crippen LogP contribution >= 0.6 is 11.6 Å². The Kier molecular flexibility index (Phi) is 5.26. The number of carbonyl (C=O) groups is 1. The Morgan fingerprint density at radius 1 is 1.19 bits per heavy atom. The van der Waals surface area contributed by atoms with E-state index in [1.165, 1.54) is 18.3 Å². The molecule has 1 N–H and O–H groups in total. The highest BCUT2D eigenvalue weighted by molar-refractivity contribution is 6.30. The molecule has 1 amide bonds. The monoisotopic (exact) mass is 393 g/mol. The predicted octanol–water partition coefficient (Wildman–Crippen LogP) is 0.447. The van der Waals surface area contributed by atoms with Crippen molar-refractivity contribution in [1.29, 1.82) is 0 Å². The molecule has 1 saturated heterocycles. The predicted molar refractivity (Wildman–Crippen MR) is 98.2 cm³/mol. The van der Waals surface area contributed by atoms with E-state index in [0.717, 1.165) is 4.57 Å². The van der Waals surface area contributed by atoms with Crippen molar-refractivity contribution >= 4 is 28.9 Å². The van der Waals surface area contributed by atoms with Gasteiger partial charge < -0.3 is 9.80 Å². The molecule has 1 aromatic carbocycles. The minimum absolute atomic E-state index is 0.0814. The van der Waals surface area contributed by atoms with E-state index in [0.29, 0.717) is 31.9 Å². The highest BCUT2D eigenvalue weighted by Gasteiger charge is 2.26. The van der Waals surface area contributed by atoms with Crippen molar-refractivity contribution in [3.63, 3.8) is 0 Å². The van der Waals surface area contributed by atoms with Gasteiger partial charge in [-0.1, -0.05) is 11.6 Å². The van der Waals surface area contributed by atoms with Crippen molar-refractivity contribution in [3.8, 4) is 0 Å². The molecule has 3 rings (SSSR count).